The second-order valence-electron chi connectivity index (χ2n) is 7.74. The van der Waals surface area contributed by atoms with Crippen LogP contribution in [0.1, 0.15) is 31.2 Å². The zero-order chi connectivity index (χ0) is 23.2. The fraction of sp³-hybridized carbons (Fsp3) is 0.375. The highest BCUT2D eigenvalue weighted by Crippen LogP contribution is 2.27. The van der Waals surface area contributed by atoms with Gasteiger partial charge in [-0.3, -0.25) is 9.36 Å². The lowest BCUT2D eigenvalue weighted by Gasteiger charge is -2.15. The number of aromatic nitrogens is 3. The van der Waals surface area contributed by atoms with Crippen molar-refractivity contribution in [1.29, 1.82) is 0 Å². The van der Waals surface area contributed by atoms with Crippen LogP contribution >= 0.6 is 23.4 Å². The summed E-state index contributed by atoms with van der Waals surface area (Å²) in [6, 6.07) is 13.3. The van der Waals surface area contributed by atoms with E-state index in [2.05, 4.69) is 10.2 Å². The molecule has 0 bridgehead atoms. The number of thioether (sulfide) groups is 1. The van der Waals surface area contributed by atoms with Crippen LogP contribution in [0.15, 0.2) is 47.6 Å². The third kappa shape index (κ3) is 5.81. The molecule has 1 amide bonds. The molecule has 0 atom stereocenters. The van der Waals surface area contributed by atoms with Crippen LogP contribution in [0.5, 0.6) is 11.5 Å². The van der Waals surface area contributed by atoms with Gasteiger partial charge in [0.2, 0.25) is 5.91 Å². The summed E-state index contributed by atoms with van der Waals surface area (Å²) < 4.78 is 13.3. The van der Waals surface area contributed by atoms with E-state index < -0.39 is 0 Å². The van der Waals surface area contributed by atoms with Crippen molar-refractivity contribution < 1.29 is 14.3 Å². The van der Waals surface area contributed by atoms with E-state index in [1.54, 1.807) is 0 Å². The summed E-state index contributed by atoms with van der Waals surface area (Å²) >= 11 is 7.78. The molecule has 0 aliphatic carbocycles. The summed E-state index contributed by atoms with van der Waals surface area (Å²) in [4.78, 5) is 14.5. The van der Waals surface area contributed by atoms with Gasteiger partial charge < -0.3 is 14.4 Å². The average molecular weight is 487 g/mol. The number of benzene rings is 2. The summed E-state index contributed by atoms with van der Waals surface area (Å²) in [6.07, 6.45) is 2.14. The molecule has 1 aliphatic heterocycles. The largest absolute Gasteiger partial charge is 0.494 e. The molecule has 2 aromatic carbocycles. The molecule has 1 saturated heterocycles. The molecule has 3 aromatic rings. The van der Waals surface area contributed by atoms with Crippen LogP contribution in [0.2, 0.25) is 5.02 Å². The van der Waals surface area contributed by atoms with E-state index in [0.29, 0.717) is 34.1 Å². The summed E-state index contributed by atoms with van der Waals surface area (Å²) in [6.45, 7) is 6.40. The molecule has 1 aliphatic rings. The van der Waals surface area contributed by atoms with Crippen LogP contribution in [-0.2, 0) is 11.4 Å². The molecule has 0 N–H and O–H groups in total. The molecule has 1 aromatic heterocycles. The van der Waals surface area contributed by atoms with E-state index in [4.69, 9.17) is 21.1 Å². The quantitative estimate of drug-likeness (QED) is 0.400. The number of aryl methyl sites for hydroxylation is 1. The molecule has 0 radical (unpaired) electrons. The van der Waals surface area contributed by atoms with Crippen molar-refractivity contribution in [2.45, 2.75) is 38.5 Å². The van der Waals surface area contributed by atoms with E-state index in [-0.39, 0.29) is 12.5 Å². The highest BCUT2D eigenvalue weighted by atomic mass is 35.5. The van der Waals surface area contributed by atoms with E-state index in [0.717, 1.165) is 42.9 Å². The Bertz CT molecular complexity index is 1100. The Kier molecular flexibility index (Phi) is 7.77. The van der Waals surface area contributed by atoms with Gasteiger partial charge in [0.1, 0.15) is 18.1 Å². The maximum absolute atomic E-state index is 12.5. The van der Waals surface area contributed by atoms with Gasteiger partial charge >= 0.3 is 0 Å². The summed E-state index contributed by atoms with van der Waals surface area (Å²) in [7, 11) is 0. The minimum atomic E-state index is 0.126. The fourth-order valence-electron chi connectivity index (χ4n) is 3.60. The van der Waals surface area contributed by atoms with Crippen molar-refractivity contribution in [3.05, 3.63) is 58.9 Å². The van der Waals surface area contributed by atoms with Gasteiger partial charge in [-0.1, -0.05) is 29.4 Å². The Hall–Kier alpha value is -2.71. The standard InChI is InChI=1S/C24H27ClN4O3S/c1-3-31-19-8-10-20(11-9-19)32-15-22-26-27-24(33-16-23(30)28-12-4-5-13-28)29(22)18-7-6-17(2)21(25)14-18/h6-11,14H,3-5,12-13,15-16H2,1-2H3. The van der Waals surface area contributed by atoms with Gasteiger partial charge in [-0.2, -0.15) is 0 Å². The Balaban J connectivity index is 1.53. The number of nitrogens with zero attached hydrogens (tertiary/aromatic N) is 4. The van der Waals surface area contributed by atoms with E-state index in [9.17, 15) is 4.79 Å². The van der Waals surface area contributed by atoms with Crippen LogP contribution in [0.25, 0.3) is 5.69 Å². The van der Waals surface area contributed by atoms with Crippen LogP contribution in [0.4, 0.5) is 0 Å². The van der Waals surface area contributed by atoms with Crippen LogP contribution in [0.3, 0.4) is 0 Å². The fourth-order valence-corrected chi connectivity index (χ4v) is 4.65. The zero-order valence-electron chi connectivity index (χ0n) is 18.8. The molecule has 4 rings (SSSR count). The number of carbonyl (C=O) groups is 1. The third-order valence-electron chi connectivity index (χ3n) is 5.40. The van der Waals surface area contributed by atoms with Crippen LogP contribution in [0, 0.1) is 6.92 Å². The van der Waals surface area contributed by atoms with Gasteiger partial charge in [-0.15, -0.1) is 10.2 Å². The second-order valence-corrected chi connectivity index (χ2v) is 9.09. The number of hydrogen-bond donors (Lipinski definition) is 0. The molecule has 0 saturated carbocycles. The van der Waals surface area contributed by atoms with Gasteiger partial charge in [-0.05, 0) is 68.7 Å². The highest BCUT2D eigenvalue weighted by Gasteiger charge is 2.21. The number of hydrogen-bond acceptors (Lipinski definition) is 6. The van der Waals surface area contributed by atoms with Gasteiger partial charge in [0, 0.05) is 18.1 Å². The summed E-state index contributed by atoms with van der Waals surface area (Å²) in [5.41, 5.74) is 1.82. The normalized spacial score (nSPS) is 13.4. The average Bonchev–Trinajstić information content (AvgIpc) is 3.49. The van der Waals surface area contributed by atoms with Crippen molar-refractivity contribution in [2.75, 3.05) is 25.4 Å². The number of amides is 1. The van der Waals surface area contributed by atoms with E-state index >= 15 is 0 Å². The Labute approximate surface area is 203 Å². The third-order valence-corrected chi connectivity index (χ3v) is 6.72. The minimum absolute atomic E-state index is 0.126. The molecular weight excluding hydrogens is 460 g/mol. The molecule has 7 nitrogen and oxygen atoms in total. The second kappa shape index (κ2) is 10.9. The Morgan fingerprint density at radius 2 is 1.76 bits per heavy atom. The van der Waals surface area contributed by atoms with Crippen molar-refractivity contribution >= 4 is 29.3 Å². The van der Waals surface area contributed by atoms with Gasteiger partial charge in [0.15, 0.2) is 11.0 Å². The van der Waals surface area contributed by atoms with Crippen molar-refractivity contribution in [2.24, 2.45) is 0 Å². The van der Waals surface area contributed by atoms with Crippen LogP contribution < -0.4 is 9.47 Å². The first-order chi connectivity index (χ1) is 16.0. The zero-order valence-corrected chi connectivity index (χ0v) is 20.4. The molecule has 33 heavy (non-hydrogen) atoms. The maximum Gasteiger partial charge on any atom is 0.233 e. The molecular formula is C24H27ClN4O3S. The van der Waals surface area contributed by atoms with Crippen molar-refractivity contribution in [3.8, 4) is 17.2 Å². The topological polar surface area (TPSA) is 69.5 Å². The lowest BCUT2D eigenvalue weighted by atomic mass is 10.2. The predicted molar refractivity (Wildman–Crippen MR) is 130 cm³/mol. The van der Waals surface area contributed by atoms with Gasteiger partial charge in [-0.25, -0.2) is 0 Å². The van der Waals surface area contributed by atoms with E-state index in [1.165, 1.54) is 11.8 Å². The first-order valence-corrected chi connectivity index (χ1v) is 12.4. The molecule has 0 spiro atoms. The summed E-state index contributed by atoms with van der Waals surface area (Å²) in [5.74, 6) is 2.57. The van der Waals surface area contributed by atoms with Gasteiger partial charge in [0.25, 0.3) is 0 Å². The molecule has 2 heterocycles. The molecule has 174 valence electrons. The van der Waals surface area contributed by atoms with Crippen molar-refractivity contribution in [3.63, 3.8) is 0 Å². The number of carbonyl (C=O) groups excluding carboxylic acids is 1. The number of likely N-dealkylation sites (tertiary alicyclic amines) is 1. The first kappa shape index (κ1) is 23.4. The predicted octanol–water partition coefficient (Wildman–Crippen LogP) is 4.92. The minimum Gasteiger partial charge on any atom is -0.494 e. The Morgan fingerprint density at radius 1 is 1.06 bits per heavy atom. The lowest BCUT2D eigenvalue weighted by Crippen LogP contribution is -2.29. The van der Waals surface area contributed by atoms with Crippen molar-refractivity contribution in [1.82, 2.24) is 19.7 Å². The van der Waals surface area contributed by atoms with Crippen LogP contribution in [-0.4, -0.2) is 51.0 Å². The van der Waals surface area contributed by atoms with Gasteiger partial charge in [0.05, 0.1) is 18.0 Å². The number of halogens is 1. The monoisotopic (exact) mass is 486 g/mol. The molecule has 9 heteroatoms. The number of ether oxygens (including phenoxy) is 2. The maximum atomic E-state index is 12.5. The highest BCUT2D eigenvalue weighted by molar-refractivity contribution is 7.99. The summed E-state index contributed by atoms with van der Waals surface area (Å²) in [5, 5.41) is 10.0. The first-order valence-electron chi connectivity index (χ1n) is 11.0. The SMILES string of the molecule is CCOc1ccc(OCc2nnc(SCC(=O)N3CCCC3)n2-c2ccc(C)c(Cl)c2)cc1. The smallest absolute Gasteiger partial charge is 0.233 e. The number of rotatable bonds is 9. The lowest BCUT2D eigenvalue weighted by molar-refractivity contribution is -0.127. The molecule has 0 unspecified atom stereocenters. The molecule has 1 fully saturated rings. The Morgan fingerprint density at radius 3 is 2.42 bits per heavy atom. The van der Waals surface area contributed by atoms with E-state index in [1.807, 2.05) is 65.8 Å².